The first-order chi connectivity index (χ1) is 10.0. The number of hydrogen-bond acceptors (Lipinski definition) is 4. The van der Waals surface area contributed by atoms with Crippen molar-refractivity contribution in [1.29, 1.82) is 0 Å². The summed E-state index contributed by atoms with van der Waals surface area (Å²) in [5.74, 6) is 0.191. The molecule has 2 unspecified atom stereocenters. The molecule has 116 valence electrons. The summed E-state index contributed by atoms with van der Waals surface area (Å²) in [5.41, 5.74) is 7.88. The summed E-state index contributed by atoms with van der Waals surface area (Å²) in [4.78, 5) is 13.8. The molecule has 0 aliphatic heterocycles. The Labute approximate surface area is 126 Å². The third-order valence-electron chi connectivity index (χ3n) is 4.16. The van der Waals surface area contributed by atoms with Crippen LogP contribution in [-0.2, 0) is 0 Å². The van der Waals surface area contributed by atoms with Gasteiger partial charge in [-0.3, -0.25) is 4.79 Å². The van der Waals surface area contributed by atoms with Crippen LogP contribution in [-0.4, -0.2) is 42.7 Å². The lowest BCUT2D eigenvalue weighted by Crippen LogP contribution is -2.35. The molecule has 5 nitrogen and oxygen atoms in total. The van der Waals surface area contributed by atoms with Crippen LogP contribution >= 0.6 is 0 Å². The molecule has 1 aromatic carbocycles. The zero-order valence-corrected chi connectivity index (χ0v) is 12.8. The topological polar surface area (TPSA) is 78.6 Å². The first-order valence-electron chi connectivity index (χ1n) is 7.51. The number of carbonyl (C=O) groups excluding carboxylic acids is 1. The number of nitrogens with one attached hydrogen (secondary N) is 1. The highest BCUT2D eigenvalue weighted by molar-refractivity contribution is 6.00. The van der Waals surface area contributed by atoms with Gasteiger partial charge in [0.2, 0.25) is 0 Å². The fourth-order valence-electron chi connectivity index (χ4n) is 2.92. The molecular weight excluding hydrogens is 266 g/mol. The van der Waals surface area contributed by atoms with Crippen molar-refractivity contribution >= 4 is 17.3 Å². The maximum atomic E-state index is 12.3. The molecule has 1 aromatic rings. The Kier molecular flexibility index (Phi) is 5.07. The maximum absolute atomic E-state index is 12.3. The molecule has 4 N–H and O–H groups in total. The van der Waals surface area contributed by atoms with E-state index in [0.29, 0.717) is 11.3 Å². The minimum Gasteiger partial charge on any atom is -0.399 e. The second-order valence-electron chi connectivity index (χ2n) is 5.98. The minimum atomic E-state index is -0.0474. The van der Waals surface area contributed by atoms with Gasteiger partial charge in [0, 0.05) is 44.0 Å². The van der Waals surface area contributed by atoms with Crippen LogP contribution in [0.2, 0.25) is 0 Å². The normalized spacial score (nSPS) is 21.9. The first kappa shape index (κ1) is 15.6. The largest absolute Gasteiger partial charge is 0.399 e. The summed E-state index contributed by atoms with van der Waals surface area (Å²) >= 11 is 0. The standard InChI is InChI=1S/C16H25N3O2/c1-19(2)16(21)13-8-7-12(17)9-15(13)18-14-6-4-3-5-11(14)10-20/h7-9,11,14,18,20H,3-6,10,17H2,1-2H3. The molecule has 0 bridgehead atoms. The van der Waals surface area contributed by atoms with Crippen LogP contribution in [0.3, 0.4) is 0 Å². The van der Waals surface area contributed by atoms with Crippen LogP contribution in [0.15, 0.2) is 18.2 Å². The molecule has 0 heterocycles. The van der Waals surface area contributed by atoms with Crippen molar-refractivity contribution in [2.75, 3.05) is 31.8 Å². The second kappa shape index (κ2) is 6.80. The lowest BCUT2D eigenvalue weighted by molar-refractivity contribution is 0.0828. The van der Waals surface area contributed by atoms with Crippen molar-refractivity contribution in [2.45, 2.75) is 31.7 Å². The number of amides is 1. The Hall–Kier alpha value is -1.75. The number of benzene rings is 1. The van der Waals surface area contributed by atoms with Crippen molar-refractivity contribution in [2.24, 2.45) is 5.92 Å². The molecule has 0 spiro atoms. The molecule has 1 fully saturated rings. The van der Waals surface area contributed by atoms with Gasteiger partial charge in [0.1, 0.15) is 0 Å². The van der Waals surface area contributed by atoms with E-state index in [-0.39, 0.29) is 24.5 Å². The van der Waals surface area contributed by atoms with Gasteiger partial charge in [0.25, 0.3) is 5.91 Å². The maximum Gasteiger partial charge on any atom is 0.255 e. The van der Waals surface area contributed by atoms with E-state index in [9.17, 15) is 9.90 Å². The van der Waals surface area contributed by atoms with Gasteiger partial charge >= 0.3 is 0 Å². The Balaban J connectivity index is 2.25. The summed E-state index contributed by atoms with van der Waals surface area (Å²) in [6.07, 6.45) is 4.33. The van der Waals surface area contributed by atoms with Crippen molar-refractivity contribution in [3.63, 3.8) is 0 Å². The zero-order valence-electron chi connectivity index (χ0n) is 12.8. The quantitative estimate of drug-likeness (QED) is 0.741. The van der Waals surface area contributed by atoms with E-state index < -0.39 is 0 Å². The number of aliphatic hydroxyl groups excluding tert-OH is 1. The van der Waals surface area contributed by atoms with Gasteiger partial charge in [-0.2, -0.15) is 0 Å². The molecule has 1 amide bonds. The Morgan fingerprint density at radius 3 is 2.76 bits per heavy atom. The van der Waals surface area contributed by atoms with Crippen LogP contribution in [0.1, 0.15) is 36.0 Å². The Morgan fingerprint density at radius 1 is 1.38 bits per heavy atom. The highest BCUT2D eigenvalue weighted by Crippen LogP contribution is 2.29. The monoisotopic (exact) mass is 291 g/mol. The lowest BCUT2D eigenvalue weighted by atomic mass is 9.85. The van der Waals surface area contributed by atoms with Gasteiger partial charge in [-0.15, -0.1) is 0 Å². The van der Waals surface area contributed by atoms with Gasteiger partial charge in [-0.1, -0.05) is 12.8 Å². The Bertz CT molecular complexity index is 502. The third-order valence-corrected chi connectivity index (χ3v) is 4.16. The summed E-state index contributed by atoms with van der Waals surface area (Å²) in [6, 6.07) is 5.50. The fourth-order valence-corrected chi connectivity index (χ4v) is 2.92. The SMILES string of the molecule is CN(C)C(=O)c1ccc(N)cc1NC1CCCCC1CO. The van der Waals surface area contributed by atoms with Crippen LogP contribution in [0.25, 0.3) is 0 Å². The van der Waals surface area contributed by atoms with Crippen molar-refractivity contribution < 1.29 is 9.90 Å². The lowest BCUT2D eigenvalue weighted by Gasteiger charge is -2.32. The van der Waals surface area contributed by atoms with Crippen LogP contribution in [0.5, 0.6) is 0 Å². The highest BCUT2D eigenvalue weighted by Gasteiger charge is 2.25. The molecule has 1 aliphatic rings. The summed E-state index contributed by atoms with van der Waals surface area (Å²) in [6.45, 7) is 0.178. The average molecular weight is 291 g/mol. The van der Waals surface area contributed by atoms with Crippen LogP contribution in [0.4, 0.5) is 11.4 Å². The van der Waals surface area contributed by atoms with Crippen molar-refractivity contribution in [3.8, 4) is 0 Å². The number of hydrogen-bond donors (Lipinski definition) is 3. The summed E-state index contributed by atoms with van der Waals surface area (Å²) < 4.78 is 0. The number of aliphatic hydroxyl groups is 1. The number of nitrogens with zero attached hydrogens (tertiary/aromatic N) is 1. The molecule has 1 aliphatic carbocycles. The first-order valence-corrected chi connectivity index (χ1v) is 7.51. The number of rotatable bonds is 4. The molecule has 0 aromatic heterocycles. The number of anilines is 2. The predicted molar refractivity (Wildman–Crippen MR) is 85.3 cm³/mol. The van der Waals surface area contributed by atoms with E-state index in [1.54, 1.807) is 37.2 Å². The zero-order chi connectivity index (χ0) is 15.4. The summed E-state index contributed by atoms with van der Waals surface area (Å²) in [5, 5.41) is 13.0. The molecule has 2 rings (SSSR count). The second-order valence-corrected chi connectivity index (χ2v) is 5.98. The van der Waals surface area contributed by atoms with Gasteiger partial charge in [-0.25, -0.2) is 0 Å². The van der Waals surface area contributed by atoms with E-state index in [0.717, 1.165) is 31.4 Å². The van der Waals surface area contributed by atoms with Gasteiger partial charge in [-0.05, 0) is 31.0 Å². The molecular formula is C16H25N3O2. The van der Waals surface area contributed by atoms with E-state index in [2.05, 4.69) is 5.32 Å². The molecule has 0 radical (unpaired) electrons. The van der Waals surface area contributed by atoms with E-state index in [1.807, 2.05) is 0 Å². The van der Waals surface area contributed by atoms with Gasteiger partial charge in [0.15, 0.2) is 0 Å². The van der Waals surface area contributed by atoms with Gasteiger partial charge < -0.3 is 21.1 Å². The van der Waals surface area contributed by atoms with E-state index in [4.69, 9.17) is 5.73 Å². The van der Waals surface area contributed by atoms with Crippen LogP contribution < -0.4 is 11.1 Å². The number of nitrogens with two attached hydrogens (primary N) is 1. The highest BCUT2D eigenvalue weighted by atomic mass is 16.3. The smallest absolute Gasteiger partial charge is 0.255 e. The van der Waals surface area contributed by atoms with Crippen molar-refractivity contribution in [3.05, 3.63) is 23.8 Å². The number of carbonyl (C=O) groups is 1. The van der Waals surface area contributed by atoms with E-state index >= 15 is 0 Å². The molecule has 21 heavy (non-hydrogen) atoms. The van der Waals surface area contributed by atoms with Crippen molar-refractivity contribution in [1.82, 2.24) is 4.90 Å². The average Bonchev–Trinajstić information content (AvgIpc) is 2.47. The van der Waals surface area contributed by atoms with Crippen LogP contribution in [0, 0.1) is 5.92 Å². The van der Waals surface area contributed by atoms with Gasteiger partial charge in [0.05, 0.1) is 5.56 Å². The molecule has 1 saturated carbocycles. The predicted octanol–water partition coefficient (Wildman–Crippen LogP) is 1.93. The number of nitrogen functional groups attached to an aromatic ring is 1. The minimum absolute atomic E-state index is 0.0474. The molecule has 2 atom stereocenters. The van der Waals surface area contributed by atoms with E-state index in [1.165, 1.54) is 0 Å². The third kappa shape index (κ3) is 3.67. The molecule has 5 heteroatoms. The molecule has 0 saturated heterocycles. The summed E-state index contributed by atoms with van der Waals surface area (Å²) in [7, 11) is 3.47. The fraction of sp³-hybridized carbons (Fsp3) is 0.562. The Morgan fingerprint density at radius 2 is 2.10 bits per heavy atom.